The van der Waals surface area contributed by atoms with E-state index in [-0.39, 0.29) is 17.1 Å². The maximum absolute atomic E-state index is 12.2. The third-order valence-corrected chi connectivity index (χ3v) is 4.99. The Morgan fingerprint density at radius 3 is 2.16 bits per heavy atom. The van der Waals surface area contributed by atoms with Gasteiger partial charge in [0, 0.05) is 33.7 Å². The predicted octanol–water partition coefficient (Wildman–Crippen LogP) is 4.11. The topological polar surface area (TPSA) is 47.3 Å². The highest BCUT2D eigenvalue weighted by Gasteiger charge is 2.32. The van der Waals surface area contributed by atoms with Gasteiger partial charge in [0.25, 0.3) is 0 Å². The van der Waals surface area contributed by atoms with E-state index in [1.807, 2.05) is 22.6 Å². The molecule has 5 heteroatoms. The van der Waals surface area contributed by atoms with Crippen molar-refractivity contribution in [3.8, 4) is 0 Å². The minimum Gasteiger partial charge on any atom is -0.450 e. The van der Waals surface area contributed by atoms with Gasteiger partial charge in [-0.2, -0.15) is 0 Å². The first-order valence-electron chi connectivity index (χ1n) is 5.43. The van der Waals surface area contributed by atoms with Crippen LogP contribution in [0.1, 0.15) is 26.5 Å². The summed E-state index contributed by atoms with van der Waals surface area (Å²) in [7, 11) is 0. The summed E-state index contributed by atoms with van der Waals surface area (Å²) in [5.74, 6) is -0.00737. The van der Waals surface area contributed by atoms with E-state index in [1.165, 1.54) is 6.08 Å². The van der Waals surface area contributed by atoms with E-state index in [1.54, 1.807) is 30.3 Å². The Labute approximate surface area is 130 Å². The molecule has 1 aromatic heterocycles. The molecule has 3 rings (SSSR count). The van der Waals surface area contributed by atoms with Crippen LogP contribution in [0, 0.1) is 3.77 Å². The maximum atomic E-state index is 12.2. The second kappa shape index (κ2) is 4.72. The number of furan rings is 1. The zero-order valence-corrected chi connectivity index (χ0v) is 13.2. The van der Waals surface area contributed by atoms with Gasteiger partial charge in [-0.3, -0.25) is 9.59 Å². The summed E-state index contributed by atoms with van der Waals surface area (Å²) in [6.07, 6.45) is 1.50. The molecule has 94 valence electrons. The van der Waals surface area contributed by atoms with E-state index >= 15 is 0 Å². The molecule has 19 heavy (non-hydrogen) atoms. The van der Waals surface area contributed by atoms with E-state index in [2.05, 4.69) is 15.9 Å². The summed E-state index contributed by atoms with van der Waals surface area (Å²) >= 11 is 5.35. The van der Waals surface area contributed by atoms with Crippen LogP contribution in [-0.2, 0) is 0 Å². The molecule has 3 nitrogen and oxygen atoms in total. The summed E-state index contributed by atoms with van der Waals surface area (Å²) in [6.45, 7) is 0. The van der Waals surface area contributed by atoms with Crippen molar-refractivity contribution in [2.45, 2.75) is 0 Å². The summed E-state index contributed by atoms with van der Waals surface area (Å²) in [6, 6.07) is 8.56. The van der Waals surface area contributed by atoms with Gasteiger partial charge in [0.15, 0.2) is 15.3 Å². The molecule has 1 aromatic carbocycles. The van der Waals surface area contributed by atoms with Gasteiger partial charge in [-0.15, -0.1) is 0 Å². The number of carbonyl (C=O) groups excluding carboxylic acids is 2. The molecule has 1 aliphatic carbocycles. The van der Waals surface area contributed by atoms with Crippen molar-refractivity contribution in [1.82, 2.24) is 0 Å². The van der Waals surface area contributed by atoms with Gasteiger partial charge in [-0.25, -0.2) is 0 Å². The molecule has 0 N–H and O–H groups in total. The summed E-state index contributed by atoms with van der Waals surface area (Å²) < 4.78 is 6.91. The molecule has 0 unspecified atom stereocenters. The molecule has 0 bridgehead atoms. The summed E-state index contributed by atoms with van der Waals surface area (Å²) in [5.41, 5.74) is 1.07. The molecular weight excluding hydrogens is 423 g/mol. The fourth-order valence-corrected chi connectivity index (χ4v) is 2.70. The SMILES string of the molecule is O=C1C(=Cc2cc(Br)c(I)o2)C(=O)c2ccccc21. The van der Waals surface area contributed by atoms with Crippen LogP contribution < -0.4 is 0 Å². The van der Waals surface area contributed by atoms with Crippen molar-refractivity contribution in [1.29, 1.82) is 0 Å². The van der Waals surface area contributed by atoms with Gasteiger partial charge in [-0.05, 0) is 28.1 Å². The largest absolute Gasteiger partial charge is 0.450 e. The number of benzene rings is 1. The van der Waals surface area contributed by atoms with E-state index in [4.69, 9.17) is 4.42 Å². The highest BCUT2D eigenvalue weighted by molar-refractivity contribution is 14.1. The van der Waals surface area contributed by atoms with Crippen LogP contribution in [0.4, 0.5) is 0 Å². The molecule has 1 heterocycles. The number of allylic oxidation sites excluding steroid dienone is 1. The lowest BCUT2D eigenvalue weighted by Gasteiger charge is -1.91. The molecule has 0 saturated heterocycles. The van der Waals surface area contributed by atoms with Crippen LogP contribution in [0.25, 0.3) is 6.08 Å². The van der Waals surface area contributed by atoms with Crippen molar-refractivity contribution < 1.29 is 14.0 Å². The standard InChI is InChI=1S/C14H6BrIO3/c15-11-6-7(19-14(11)16)5-10-12(17)8-3-1-2-4-9(8)13(10)18/h1-6H. The van der Waals surface area contributed by atoms with Crippen LogP contribution >= 0.6 is 38.5 Å². The lowest BCUT2D eigenvalue weighted by Crippen LogP contribution is -1.99. The van der Waals surface area contributed by atoms with Gasteiger partial charge < -0.3 is 4.42 Å². The first-order chi connectivity index (χ1) is 9.08. The van der Waals surface area contributed by atoms with E-state index in [0.717, 1.165) is 4.47 Å². The Bertz CT molecular complexity index is 686. The van der Waals surface area contributed by atoms with Gasteiger partial charge in [-0.1, -0.05) is 24.3 Å². The van der Waals surface area contributed by atoms with E-state index < -0.39 is 0 Å². The molecular formula is C14H6BrIO3. The lowest BCUT2D eigenvalue weighted by molar-refractivity contribution is 0.0990. The molecule has 0 fully saturated rings. The molecule has 2 aromatic rings. The summed E-state index contributed by atoms with van der Waals surface area (Å²) in [4.78, 5) is 24.3. The van der Waals surface area contributed by atoms with Crippen molar-refractivity contribution in [2.75, 3.05) is 0 Å². The predicted molar refractivity (Wildman–Crippen MR) is 82.2 cm³/mol. The Morgan fingerprint density at radius 2 is 1.68 bits per heavy atom. The zero-order valence-electron chi connectivity index (χ0n) is 9.44. The summed E-state index contributed by atoms with van der Waals surface area (Å²) in [5, 5.41) is 0. The lowest BCUT2D eigenvalue weighted by atomic mass is 10.1. The number of hydrogen-bond donors (Lipinski definition) is 0. The monoisotopic (exact) mass is 428 g/mol. The quantitative estimate of drug-likeness (QED) is 0.390. The normalized spacial score (nSPS) is 13.9. The average molecular weight is 429 g/mol. The van der Waals surface area contributed by atoms with Gasteiger partial charge >= 0.3 is 0 Å². The van der Waals surface area contributed by atoms with E-state index in [9.17, 15) is 9.59 Å². The van der Waals surface area contributed by atoms with Crippen molar-refractivity contribution in [3.05, 3.63) is 61.0 Å². The molecule has 0 aliphatic heterocycles. The van der Waals surface area contributed by atoms with Crippen molar-refractivity contribution in [2.24, 2.45) is 0 Å². The van der Waals surface area contributed by atoms with Crippen molar-refractivity contribution in [3.63, 3.8) is 0 Å². The highest BCUT2D eigenvalue weighted by Crippen LogP contribution is 2.30. The number of ketones is 2. The zero-order chi connectivity index (χ0) is 13.6. The third-order valence-electron chi connectivity index (χ3n) is 2.86. The number of fused-ring (bicyclic) bond motifs is 1. The molecule has 0 spiro atoms. The average Bonchev–Trinajstić information content (AvgIpc) is 2.84. The van der Waals surface area contributed by atoms with Crippen LogP contribution in [0.3, 0.4) is 0 Å². The fraction of sp³-hybridized carbons (Fsp3) is 0. The molecule has 0 amide bonds. The third kappa shape index (κ3) is 2.10. The van der Waals surface area contributed by atoms with E-state index in [0.29, 0.717) is 20.7 Å². The Kier molecular flexibility index (Phi) is 3.18. The smallest absolute Gasteiger partial charge is 0.197 e. The molecule has 1 aliphatic rings. The Morgan fingerprint density at radius 1 is 1.11 bits per heavy atom. The van der Waals surface area contributed by atoms with Crippen LogP contribution in [0.2, 0.25) is 0 Å². The molecule has 0 saturated carbocycles. The van der Waals surface area contributed by atoms with Crippen LogP contribution in [0.5, 0.6) is 0 Å². The minimum atomic E-state index is -0.247. The van der Waals surface area contributed by atoms with Crippen molar-refractivity contribution >= 4 is 56.2 Å². The second-order valence-electron chi connectivity index (χ2n) is 4.03. The number of rotatable bonds is 1. The second-order valence-corrected chi connectivity index (χ2v) is 5.87. The Hall–Kier alpha value is -1.21. The van der Waals surface area contributed by atoms with Gasteiger partial charge in [0.05, 0.1) is 10.0 Å². The first kappa shape index (κ1) is 12.8. The number of Topliss-reactive ketones (excluding diaryl/α,β-unsaturated/α-hetero) is 2. The number of hydrogen-bond acceptors (Lipinski definition) is 3. The van der Waals surface area contributed by atoms with Crippen LogP contribution in [-0.4, -0.2) is 11.6 Å². The van der Waals surface area contributed by atoms with Gasteiger partial charge in [0.1, 0.15) is 5.76 Å². The first-order valence-corrected chi connectivity index (χ1v) is 7.30. The highest BCUT2D eigenvalue weighted by atomic mass is 127. The fourth-order valence-electron chi connectivity index (χ4n) is 1.98. The molecule has 0 atom stereocenters. The molecule has 0 radical (unpaired) electrons. The van der Waals surface area contributed by atoms with Gasteiger partial charge in [0.2, 0.25) is 0 Å². The maximum Gasteiger partial charge on any atom is 0.197 e. The minimum absolute atomic E-state index is 0.152. The van der Waals surface area contributed by atoms with Crippen LogP contribution in [0.15, 0.2) is 44.8 Å². The Balaban J connectivity index is 2.09. The number of carbonyl (C=O) groups is 2. The number of halogens is 2.